The normalized spacial score (nSPS) is 21.2. The number of ether oxygens (including phenoxy) is 2. The lowest BCUT2D eigenvalue weighted by atomic mass is 10.0. The number of hydrogen-bond acceptors (Lipinski definition) is 4. The highest BCUT2D eigenvalue weighted by Gasteiger charge is 2.26. The number of nitriles is 1. The highest BCUT2D eigenvalue weighted by molar-refractivity contribution is 5.44. The molecule has 21 heavy (non-hydrogen) atoms. The summed E-state index contributed by atoms with van der Waals surface area (Å²) in [5.74, 6) is 1.75. The van der Waals surface area contributed by atoms with Crippen molar-refractivity contribution in [3.05, 3.63) is 23.8 Å². The minimum absolute atomic E-state index is 0.489. The van der Waals surface area contributed by atoms with E-state index in [1.54, 1.807) is 0 Å². The Morgan fingerprint density at radius 2 is 2.05 bits per heavy atom. The predicted octanol–water partition coefficient (Wildman–Crippen LogP) is 3.29. The molecular formula is C17H22N2O2. The van der Waals surface area contributed by atoms with Gasteiger partial charge in [0.2, 0.25) is 0 Å². The van der Waals surface area contributed by atoms with Gasteiger partial charge in [-0.25, -0.2) is 0 Å². The molecule has 112 valence electrons. The van der Waals surface area contributed by atoms with Gasteiger partial charge in [-0.05, 0) is 56.5 Å². The molecule has 2 aliphatic heterocycles. The van der Waals surface area contributed by atoms with E-state index in [9.17, 15) is 0 Å². The van der Waals surface area contributed by atoms with E-state index in [4.69, 9.17) is 14.7 Å². The predicted molar refractivity (Wildman–Crippen MR) is 80.4 cm³/mol. The van der Waals surface area contributed by atoms with Crippen LogP contribution in [0.1, 0.15) is 43.7 Å². The molecule has 0 aliphatic carbocycles. The molecule has 4 nitrogen and oxygen atoms in total. The molecule has 0 bridgehead atoms. The molecule has 1 aromatic carbocycles. The quantitative estimate of drug-likeness (QED) is 0.779. The maximum Gasteiger partial charge on any atom is 0.161 e. The number of benzene rings is 1. The van der Waals surface area contributed by atoms with E-state index in [0.29, 0.717) is 25.7 Å². The Bertz CT molecular complexity index is 524. The van der Waals surface area contributed by atoms with Gasteiger partial charge in [0.15, 0.2) is 11.5 Å². The summed E-state index contributed by atoms with van der Waals surface area (Å²) in [4.78, 5) is 2.54. The largest absolute Gasteiger partial charge is 0.486 e. The van der Waals surface area contributed by atoms with Crippen LogP contribution in [0.2, 0.25) is 0 Å². The van der Waals surface area contributed by atoms with Crippen LogP contribution < -0.4 is 9.47 Å². The standard InChI is InChI=1S/C17H22N2O2/c18-8-2-1-3-9-19-10-4-5-15(19)14-6-7-16-17(13-14)21-12-11-20-16/h6-7,13,15H,1-5,9-12H2/t15-/m1/s1. The molecular weight excluding hydrogens is 264 g/mol. The molecule has 1 fully saturated rings. The third-order valence-corrected chi connectivity index (χ3v) is 4.30. The van der Waals surface area contributed by atoms with Crippen molar-refractivity contribution in [1.29, 1.82) is 5.26 Å². The molecule has 4 heteroatoms. The van der Waals surface area contributed by atoms with Crippen molar-refractivity contribution in [3.8, 4) is 17.6 Å². The molecule has 0 aromatic heterocycles. The van der Waals surface area contributed by atoms with E-state index in [1.807, 2.05) is 6.07 Å². The number of hydrogen-bond donors (Lipinski definition) is 0. The zero-order valence-electron chi connectivity index (χ0n) is 12.4. The molecule has 0 N–H and O–H groups in total. The summed E-state index contributed by atoms with van der Waals surface area (Å²) in [7, 11) is 0. The van der Waals surface area contributed by atoms with Crippen LogP contribution in [0.15, 0.2) is 18.2 Å². The van der Waals surface area contributed by atoms with Crippen molar-refractivity contribution in [2.75, 3.05) is 26.3 Å². The summed E-state index contributed by atoms with van der Waals surface area (Å²) >= 11 is 0. The first-order valence-electron chi connectivity index (χ1n) is 7.89. The summed E-state index contributed by atoms with van der Waals surface area (Å²) < 4.78 is 11.3. The number of rotatable bonds is 5. The fourth-order valence-corrected chi connectivity index (χ4v) is 3.26. The molecule has 1 saturated heterocycles. The first-order chi connectivity index (χ1) is 10.4. The van der Waals surface area contributed by atoms with Crippen LogP contribution in [-0.2, 0) is 0 Å². The van der Waals surface area contributed by atoms with E-state index >= 15 is 0 Å². The first kappa shape index (κ1) is 14.2. The molecule has 0 amide bonds. The molecule has 0 unspecified atom stereocenters. The van der Waals surface area contributed by atoms with Gasteiger partial charge < -0.3 is 9.47 Å². The van der Waals surface area contributed by atoms with E-state index in [2.05, 4.69) is 23.1 Å². The molecule has 0 saturated carbocycles. The fraction of sp³-hybridized carbons (Fsp3) is 0.588. The number of likely N-dealkylation sites (tertiary alicyclic amines) is 1. The van der Waals surface area contributed by atoms with Crippen molar-refractivity contribution in [3.63, 3.8) is 0 Å². The van der Waals surface area contributed by atoms with Crippen LogP contribution in [0.4, 0.5) is 0 Å². The Balaban J connectivity index is 1.66. The Hall–Kier alpha value is -1.73. The Labute approximate surface area is 126 Å². The second kappa shape index (κ2) is 6.82. The van der Waals surface area contributed by atoms with Crippen molar-refractivity contribution in [2.45, 2.75) is 38.1 Å². The average Bonchev–Trinajstić information content (AvgIpc) is 2.99. The number of fused-ring (bicyclic) bond motifs is 1. The van der Waals surface area contributed by atoms with Gasteiger partial charge in [-0.2, -0.15) is 5.26 Å². The topological polar surface area (TPSA) is 45.5 Å². The molecule has 2 aliphatic rings. The van der Waals surface area contributed by atoms with E-state index in [0.717, 1.165) is 37.4 Å². The maximum atomic E-state index is 8.61. The van der Waals surface area contributed by atoms with Crippen LogP contribution in [0.3, 0.4) is 0 Å². The molecule has 1 atom stereocenters. The van der Waals surface area contributed by atoms with Gasteiger partial charge in [0, 0.05) is 12.5 Å². The number of unbranched alkanes of at least 4 members (excludes halogenated alkanes) is 2. The highest BCUT2D eigenvalue weighted by atomic mass is 16.6. The van der Waals surface area contributed by atoms with E-state index in [1.165, 1.54) is 18.4 Å². The minimum atomic E-state index is 0.489. The highest BCUT2D eigenvalue weighted by Crippen LogP contribution is 2.38. The van der Waals surface area contributed by atoms with Crippen molar-refractivity contribution >= 4 is 0 Å². The SMILES string of the molecule is N#CCCCCN1CCC[C@@H]1c1ccc2c(c1)OCCO2. The van der Waals surface area contributed by atoms with Gasteiger partial charge in [0.25, 0.3) is 0 Å². The molecule has 3 rings (SSSR count). The summed E-state index contributed by atoms with van der Waals surface area (Å²) in [6.45, 7) is 3.52. The average molecular weight is 286 g/mol. The zero-order valence-corrected chi connectivity index (χ0v) is 12.4. The maximum absolute atomic E-state index is 8.61. The van der Waals surface area contributed by atoms with E-state index in [-0.39, 0.29) is 0 Å². The molecule has 2 heterocycles. The van der Waals surface area contributed by atoms with Crippen molar-refractivity contribution in [2.24, 2.45) is 0 Å². The van der Waals surface area contributed by atoms with Gasteiger partial charge >= 0.3 is 0 Å². The van der Waals surface area contributed by atoms with Crippen LogP contribution in [0, 0.1) is 11.3 Å². The van der Waals surface area contributed by atoms with Crippen LogP contribution >= 0.6 is 0 Å². The number of nitrogens with zero attached hydrogens (tertiary/aromatic N) is 2. The van der Waals surface area contributed by atoms with Crippen LogP contribution in [0.5, 0.6) is 11.5 Å². The lowest BCUT2D eigenvalue weighted by Crippen LogP contribution is -2.24. The van der Waals surface area contributed by atoms with Crippen molar-refractivity contribution in [1.82, 2.24) is 4.90 Å². The van der Waals surface area contributed by atoms with Gasteiger partial charge in [-0.15, -0.1) is 0 Å². The lowest BCUT2D eigenvalue weighted by Gasteiger charge is -2.26. The zero-order chi connectivity index (χ0) is 14.5. The lowest BCUT2D eigenvalue weighted by molar-refractivity contribution is 0.170. The van der Waals surface area contributed by atoms with Crippen molar-refractivity contribution < 1.29 is 9.47 Å². The third kappa shape index (κ3) is 3.30. The Morgan fingerprint density at radius 1 is 1.19 bits per heavy atom. The molecule has 1 aromatic rings. The summed E-state index contributed by atoms with van der Waals surface area (Å²) in [5, 5.41) is 8.61. The minimum Gasteiger partial charge on any atom is -0.486 e. The molecule has 0 radical (unpaired) electrons. The van der Waals surface area contributed by atoms with Gasteiger partial charge in [-0.1, -0.05) is 6.07 Å². The second-order valence-electron chi connectivity index (χ2n) is 5.71. The second-order valence-corrected chi connectivity index (χ2v) is 5.71. The summed E-state index contributed by atoms with van der Waals surface area (Å²) in [5.41, 5.74) is 1.33. The Kier molecular flexibility index (Phi) is 4.62. The van der Waals surface area contributed by atoms with Gasteiger partial charge in [0.1, 0.15) is 13.2 Å². The first-order valence-corrected chi connectivity index (χ1v) is 7.89. The molecule has 0 spiro atoms. The monoisotopic (exact) mass is 286 g/mol. The fourth-order valence-electron chi connectivity index (χ4n) is 3.26. The Morgan fingerprint density at radius 3 is 2.90 bits per heavy atom. The van der Waals surface area contributed by atoms with E-state index < -0.39 is 0 Å². The summed E-state index contributed by atoms with van der Waals surface area (Å²) in [6, 6.07) is 9.07. The third-order valence-electron chi connectivity index (χ3n) is 4.30. The smallest absolute Gasteiger partial charge is 0.161 e. The van der Waals surface area contributed by atoms with Crippen LogP contribution in [0.25, 0.3) is 0 Å². The summed E-state index contributed by atoms with van der Waals surface area (Å²) in [6.07, 6.45) is 5.23. The van der Waals surface area contributed by atoms with Gasteiger partial charge in [-0.3, -0.25) is 4.90 Å². The van der Waals surface area contributed by atoms with Crippen LogP contribution in [-0.4, -0.2) is 31.2 Å². The van der Waals surface area contributed by atoms with Gasteiger partial charge in [0.05, 0.1) is 6.07 Å².